The van der Waals surface area contributed by atoms with Gasteiger partial charge in [0.1, 0.15) is 11.5 Å². The molecule has 0 aromatic heterocycles. The van der Waals surface area contributed by atoms with Gasteiger partial charge in [0, 0.05) is 28.2 Å². The second-order valence-corrected chi connectivity index (χ2v) is 5.92. The van der Waals surface area contributed by atoms with Gasteiger partial charge in [0.05, 0.1) is 0 Å². The van der Waals surface area contributed by atoms with Crippen molar-refractivity contribution in [2.75, 3.05) is 28.2 Å². The van der Waals surface area contributed by atoms with Crippen molar-refractivity contribution in [2.24, 2.45) is 5.92 Å². The summed E-state index contributed by atoms with van der Waals surface area (Å²) >= 11 is 0. The predicted octanol–water partition coefficient (Wildman–Crippen LogP) is -0.258. The third kappa shape index (κ3) is 3.41. The van der Waals surface area contributed by atoms with Crippen LogP contribution in [-0.4, -0.2) is 83.5 Å². The van der Waals surface area contributed by atoms with E-state index in [1.54, 1.807) is 0 Å². The Morgan fingerprint density at radius 3 is 1.56 bits per heavy atom. The van der Waals surface area contributed by atoms with Crippen molar-refractivity contribution in [2.45, 2.75) is 0 Å². The Hall–Kier alpha value is -3.56. The Bertz CT molecular complexity index is 790. The van der Waals surface area contributed by atoms with Crippen molar-refractivity contribution in [3.05, 3.63) is 36.0 Å². The van der Waals surface area contributed by atoms with Gasteiger partial charge >= 0.3 is 12.1 Å². The van der Waals surface area contributed by atoms with Crippen molar-refractivity contribution >= 4 is 35.7 Å². The van der Waals surface area contributed by atoms with Gasteiger partial charge in [0.25, 0.3) is 11.8 Å². The standard InChI is InChI=1S/C17H18N4O6/c1-18-12(22)10(13(23)19(2)16(18)26)8-6-5-7-9-11-14(24)20(3)17(27)21(4)15(11)25/h5-10H,1-4H3. The summed E-state index contributed by atoms with van der Waals surface area (Å²) in [5, 5.41) is 0. The summed E-state index contributed by atoms with van der Waals surface area (Å²) in [6.45, 7) is 0. The lowest BCUT2D eigenvalue weighted by Gasteiger charge is -2.31. The number of hydrogen-bond acceptors (Lipinski definition) is 6. The van der Waals surface area contributed by atoms with E-state index in [0.717, 1.165) is 19.6 Å². The van der Waals surface area contributed by atoms with E-state index in [9.17, 15) is 28.8 Å². The van der Waals surface area contributed by atoms with Gasteiger partial charge < -0.3 is 0 Å². The molecule has 27 heavy (non-hydrogen) atoms. The smallest absolute Gasteiger partial charge is 0.273 e. The number of allylic oxidation sites excluding steroid dienone is 4. The number of rotatable bonds is 3. The van der Waals surface area contributed by atoms with Crippen LogP contribution in [-0.2, 0) is 19.2 Å². The highest BCUT2D eigenvalue weighted by molar-refractivity contribution is 6.28. The van der Waals surface area contributed by atoms with Crippen LogP contribution in [0.4, 0.5) is 9.59 Å². The molecule has 0 aromatic rings. The third-order valence-electron chi connectivity index (χ3n) is 4.20. The van der Waals surface area contributed by atoms with Crippen LogP contribution in [0.1, 0.15) is 0 Å². The lowest BCUT2D eigenvalue weighted by atomic mass is 10.0. The molecule has 2 aliphatic heterocycles. The minimum atomic E-state index is -1.14. The van der Waals surface area contributed by atoms with Crippen LogP contribution in [0.15, 0.2) is 36.0 Å². The molecule has 2 aliphatic rings. The van der Waals surface area contributed by atoms with E-state index in [-0.39, 0.29) is 5.57 Å². The molecule has 2 heterocycles. The van der Waals surface area contributed by atoms with Crippen molar-refractivity contribution in [3.8, 4) is 0 Å². The van der Waals surface area contributed by atoms with Gasteiger partial charge in [-0.1, -0.05) is 24.3 Å². The summed E-state index contributed by atoms with van der Waals surface area (Å²) < 4.78 is 0. The van der Waals surface area contributed by atoms with Crippen molar-refractivity contribution < 1.29 is 28.8 Å². The summed E-state index contributed by atoms with van der Waals surface area (Å²) in [5.41, 5.74) is -0.195. The molecule has 142 valence electrons. The first-order chi connectivity index (χ1) is 12.6. The normalized spacial score (nSPS) is 20.2. The molecule has 8 amide bonds. The Balaban J connectivity index is 2.14. The third-order valence-corrected chi connectivity index (χ3v) is 4.20. The Labute approximate surface area is 155 Å². The molecule has 10 nitrogen and oxygen atoms in total. The van der Waals surface area contributed by atoms with Crippen molar-refractivity contribution in [3.63, 3.8) is 0 Å². The van der Waals surface area contributed by atoms with E-state index < -0.39 is 41.6 Å². The minimum Gasteiger partial charge on any atom is -0.273 e. The highest BCUT2D eigenvalue weighted by Crippen LogP contribution is 2.17. The van der Waals surface area contributed by atoms with Crippen LogP contribution in [0.2, 0.25) is 0 Å². The topological polar surface area (TPSA) is 115 Å². The number of urea groups is 2. The number of carbonyl (C=O) groups is 6. The van der Waals surface area contributed by atoms with Gasteiger partial charge in [0.15, 0.2) is 0 Å². The number of carbonyl (C=O) groups excluding carboxylic acids is 6. The quantitative estimate of drug-likeness (QED) is 0.291. The average Bonchev–Trinajstić information content (AvgIpc) is 2.66. The van der Waals surface area contributed by atoms with Crippen LogP contribution in [0, 0.1) is 5.92 Å². The first-order valence-corrected chi connectivity index (χ1v) is 7.84. The molecule has 2 rings (SSSR count). The fourth-order valence-electron chi connectivity index (χ4n) is 2.49. The van der Waals surface area contributed by atoms with Crippen molar-refractivity contribution in [1.29, 1.82) is 0 Å². The Morgan fingerprint density at radius 2 is 1.07 bits per heavy atom. The largest absolute Gasteiger partial charge is 0.333 e. The molecule has 0 N–H and O–H groups in total. The highest BCUT2D eigenvalue weighted by atomic mass is 16.2. The minimum absolute atomic E-state index is 0.195. The van der Waals surface area contributed by atoms with Crippen molar-refractivity contribution in [1.82, 2.24) is 19.6 Å². The molecule has 0 bridgehead atoms. The monoisotopic (exact) mass is 374 g/mol. The summed E-state index contributed by atoms with van der Waals surface area (Å²) in [6.07, 6.45) is 6.73. The fourth-order valence-corrected chi connectivity index (χ4v) is 2.49. The van der Waals surface area contributed by atoms with Crippen LogP contribution in [0.3, 0.4) is 0 Å². The van der Waals surface area contributed by atoms with Gasteiger partial charge in [-0.3, -0.25) is 38.8 Å². The van der Waals surface area contributed by atoms with Crippen LogP contribution >= 0.6 is 0 Å². The molecule has 2 saturated heterocycles. The molecule has 0 unspecified atom stereocenters. The fraction of sp³-hybridized carbons (Fsp3) is 0.294. The summed E-state index contributed by atoms with van der Waals surface area (Å²) in [7, 11) is 5.09. The number of amides is 8. The molecule has 0 saturated carbocycles. The van der Waals surface area contributed by atoms with Gasteiger partial charge in [-0.05, 0) is 6.08 Å². The summed E-state index contributed by atoms with van der Waals surface area (Å²) in [5.74, 6) is -3.88. The molecule has 0 radical (unpaired) electrons. The molecule has 0 aliphatic carbocycles. The van der Waals surface area contributed by atoms with E-state index in [2.05, 4.69) is 0 Å². The molecule has 2 fully saturated rings. The molecular weight excluding hydrogens is 356 g/mol. The van der Waals surface area contributed by atoms with Gasteiger partial charge in [-0.15, -0.1) is 0 Å². The van der Waals surface area contributed by atoms with Crippen LogP contribution in [0.5, 0.6) is 0 Å². The first-order valence-electron chi connectivity index (χ1n) is 7.84. The number of hydrogen-bond donors (Lipinski definition) is 0. The first kappa shape index (κ1) is 19.8. The number of likely N-dealkylation sites (N-methyl/N-ethyl adjacent to an activating group) is 2. The zero-order valence-electron chi connectivity index (χ0n) is 15.2. The molecule has 0 atom stereocenters. The Kier molecular flexibility index (Phi) is 5.39. The zero-order chi connectivity index (χ0) is 20.5. The maximum Gasteiger partial charge on any atom is 0.333 e. The van der Waals surface area contributed by atoms with Gasteiger partial charge in [0.2, 0.25) is 11.8 Å². The van der Waals surface area contributed by atoms with Crippen LogP contribution < -0.4 is 0 Å². The SMILES string of the molecule is CN1C(=O)C(=CC=CC=CC2C(=O)N(C)C(=O)N(C)C2=O)C(=O)N(C)C1=O. The molecular formula is C17H18N4O6. The molecule has 0 aromatic carbocycles. The van der Waals surface area contributed by atoms with E-state index in [1.807, 2.05) is 0 Å². The number of imide groups is 4. The number of nitrogens with zero attached hydrogens (tertiary/aromatic N) is 4. The van der Waals surface area contributed by atoms with E-state index in [4.69, 9.17) is 0 Å². The molecule has 0 spiro atoms. The maximum absolute atomic E-state index is 12.0. The predicted molar refractivity (Wildman–Crippen MR) is 91.7 cm³/mol. The number of barbiturate groups is 2. The average molecular weight is 374 g/mol. The van der Waals surface area contributed by atoms with E-state index in [1.165, 1.54) is 58.6 Å². The van der Waals surface area contributed by atoms with Gasteiger partial charge in [-0.25, -0.2) is 9.59 Å². The molecule has 10 heteroatoms. The lowest BCUT2D eigenvalue weighted by molar-refractivity contribution is -0.145. The van der Waals surface area contributed by atoms with Gasteiger partial charge in [-0.2, -0.15) is 0 Å². The van der Waals surface area contributed by atoms with Crippen LogP contribution in [0.25, 0.3) is 0 Å². The van der Waals surface area contributed by atoms with E-state index in [0.29, 0.717) is 0 Å². The highest BCUT2D eigenvalue weighted by Gasteiger charge is 2.41. The zero-order valence-corrected chi connectivity index (χ0v) is 15.2. The van der Waals surface area contributed by atoms with E-state index >= 15 is 0 Å². The maximum atomic E-state index is 12.0. The summed E-state index contributed by atoms with van der Waals surface area (Å²) in [6, 6.07) is -1.42. The summed E-state index contributed by atoms with van der Waals surface area (Å²) in [4.78, 5) is 74.7. The lowest BCUT2D eigenvalue weighted by Crippen LogP contribution is -2.56. The second kappa shape index (κ2) is 7.36. The Morgan fingerprint density at radius 1 is 0.630 bits per heavy atom. The second-order valence-electron chi connectivity index (χ2n) is 5.92.